The summed E-state index contributed by atoms with van der Waals surface area (Å²) in [5, 5.41) is 0. The number of rotatable bonds is 3. The second-order valence-corrected chi connectivity index (χ2v) is 6.53. The Morgan fingerprint density at radius 2 is 2.42 bits per heavy atom. The molecule has 24 heavy (non-hydrogen) atoms. The molecule has 0 saturated carbocycles. The molecule has 2 aromatic heterocycles. The van der Waals surface area contributed by atoms with Crippen molar-refractivity contribution in [1.29, 1.82) is 0 Å². The largest absolute Gasteiger partial charge is 0.486 e. The monoisotopic (exact) mass is 328 g/mol. The molecule has 2 atom stereocenters. The molecule has 0 bridgehead atoms. The van der Waals surface area contributed by atoms with E-state index in [2.05, 4.69) is 9.97 Å². The van der Waals surface area contributed by atoms with Crippen molar-refractivity contribution in [2.75, 3.05) is 19.7 Å². The minimum atomic E-state index is -0.294. The van der Waals surface area contributed by atoms with Gasteiger partial charge in [0.1, 0.15) is 17.5 Å². The summed E-state index contributed by atoms with van der Waals surface area (Å²) in [6.45, 7) is 1.82. The standard InChI is InChI=1S/C17H20N4O3/c1-20-9-15(19-12-20)16(22)21-6-4-17(11-21)7-14(10-23-17)24-13-3-2-5-18-8-13/h2-3,5,8-9,12,14H,4,6-7,10-11H2,1H3/t14-,17+/m0/s1. The minimum absolute atomic E-state index is 0.000831. The van der Waals surface area contributed by atoms with E-state index in [0.717, 1.165) is 18.6 Å². The van der Waals surface area contributed by atoms with Crippen LogP contribution in [0.4, 0.5) is 0 Å². The van der Waals surface area contributed by atoms with E-state index in [1.54, 1.807) is 29.5 Å². The van der Waals surface area contributed by atoms with E-state index in [0.29, 0.717) is 25.4 Å². The SMILES string of the molecule is Cn1cnc(C(=O)N2CC[C@@]3(C[C@H](Oc4cccnc4)CO3)C2)c1. The zero-order valence-corrected chi connectivity index (χ0v) is 13.6. The number of aryl methyl sites for hydroxylation is 1. The molecule has 4 heterocycles. The van der Waals surface area contributed by atoms with Crippen molar-refractivity contribution in [2.24, 2.45) is 7.05 Å². The van der Waals surface area contributed by atoms with E-state index < -0.39 is 0 Å². The van der Waals surface area contributed by atoms with Gasteiger partial charge in [-0.05, 0) is 18.6 Å². The van der Waals surface area contributed by atoms with Crippen LogP contribution in [0.3, 0.4) is 0 Å². The molecule has 1 amide bonds. The smallest absolute Gasteiger partial charge is 0.274 e. The quantitative estimate of drug-likeness (QED) is 0.849. The van der Waals surface area contributed by atoms with E-state index in [1.165, 1.54) is 0 Å². The summed E-state index contributed by atoms with van der Waals surface area (Å²) in [7, 11) is 1.86. The van der Waals surface area contributed by atoms with Crippen molar-refractivity contribution in [3.05, 3.63) is 42.7 Å². The van der Waals surface area contributed by atoms with Crippen molar-refractivity contribution in [3.63, 3.8) is 0 Å². The van der Waals surface area contributed by atoms with Gasteiger partial charge in [-0.25, -0.2) is 4.98 Å². The highest BCUT2D eigenvalue weighted by Gasteiger charge is 2.47. The predicted octanol–water partition coefficient (Wildman–Crippen LogP) is 1.27. The molecule has 126 valence electrons. The Bertz CT molecular complexity index is 732. The van der Waals surface area contributed by atoms with E-state index in [-0.39, 0.29) is 17.6 Å². The van der Waals surface area contributed by atoms with Crippen molar-refractivity contribution < 1.29 is 14.3 Å². The molecule has 1 spiro atoms. The maximum atomic E-state index is 12.5. The van der Waals surface area contributed by atoms with Gasteiger partial charge in [-0.3, -0.25) is 9.78 Å². The molecule has 0 aliphatic carbocycles. The summed E-state index contributed by atoms with van der Waals surface area (Å²) in [6, 6.07) is 3.74. The Morgan fingerprint density at radius 1 is 1.50 bits per heavy atom. The van der Waals surface area contributed by atoms with Gasteiger partial charge in [0, 0.05) is 32.4 Å². The highest BCUT2D eigenvalue weighted by Crippen LogP contribution is 2.36. The number of likely N-dealkylation sites (tertiary alicyclic amines) is 1. The Balaban J connectivity index is 1.38. The topological polar surface area (TPSA) is 69.5 Å². The Hall–Kier alpha value is -2.41. The third-order valence-electron chi connectivity index (χ3n) is 4.64. The first-order valence-electron chi connectivity index (χ1n) is 8.11. The normalized spacial score (nSPS) is 26.2. The van der Waals surface area contributed by atoms with Crippen LogP contribution in [0.25, 0.3) is 0 Å². The number of carbonyl (C=O) groups is 1. The molecule has 2 saturated heterocycles. The Labute approximate surface area is 140 Å². The van der Waals surface area contributed by atoms with E-state index >= 15 is 0 Å². The lowest BCUT2D eigenvalue weighted by Crippen LogP contribution is -2.36. The van der Waals surface area contributed by atoms with Crippen LogP contribution >= 0.6 is 0 Å². The first-order chi connectivity index (χ1) is 11.6. The maximum Gasteiger partial charge on any atom is 0.274 e. The van der Waals surface area contributed by atoms with Crippen LogP contribution < -0.4 is 4.74 Å². The summed E-state index contributed by atoms with van der Waals surface area (Å²) in [5.41, 5.74) is 0.188. The van der Waals surface area contributed by atoms with Gasteiger partial charge in [-0.2, -0.15) is 0 Å². The molecular formula is C17H20N4O3. The fraction of sp³-hybridized carbons (Fsp3) is 0.471. The lowest BCUT2D eigenvalue weighted by molar-refractivity contribution is 0.00989. The Morgan fingerprint density at radius 3 is 3.17 bits per heavy atom. The number of amides is 1. The average molecular weight is 328 g/mol. The van der Waals surface area contributed by atoms with Gasteiger partial charge in [0.15, 0.2) is 0 Å². The molecular weight excluding hydrogens is 308 g/mol. The molecule has 0 aromatic carbocycles. The summed E-state index contributed by atoms with van der Waals surface area (Å²) >= 11 is 0. The fourth-order valence-electron chi connectivity index (χ4n) is 3.48. The molecule has 7 nitrogen and oxygen atoms in total. The number of imidazole rings is 1. The second-order valence-electron chi connectivity index (χ2n) is 6.53. The maximum absolute atomic E-state index is 12.5. The number of hydrogen-bond donors (Lipinski definition) is 0. The van der Waals surface area contributed by atoms with Gasteiger partial charge in [0.05, 0.1) is 31.3 Å². The molecule has 7 heteroatoms. The number of nitrogens with zero attached hydrogens (tertiary/aromatic N) is 4. The highest BCUT2D eigenvalue weighted by molar-refractivity contribution is 5.92. The minimum Gasteiger partial charge on any atom is -0.486 e. The molecule has 2 aromatic rings. The van der Waals surface area contributed by atoms with Crippen LogP contribution in [0, 0.1) is 0 Å². The van der Waals surface area contributed by atoms with Crippen LogP contribution in [0.2, 0.25) is 0 Å². The lowest BCUT2D eigenvalue weighted by Gasteiger charge is -2.23. The summed E-state index contributed by atoms with van der Waals surface area (Å²) < 4.78 is 13.8. The van der Waals surface area contributed by atoms with Crippen molar-refractivity contribution in [1.82, 2.24) is 19.4 Å². The third-order valence-corrected chi connectivity index (χ3v) is 4.64. The van der Waals surface area contributed by atoms with Gasteiger partial charge in [-0.15, -0.1) is 0 Å². The molecule has 4 rings (SSSR count). The van der Waals surface area contributed by atoms with Crippen LogP contribution in [0.15, 0.2) is 37.1 Å². The Kier molecular flexibility index (Phi) is 3.72. The molecule has 0 radical (unpaired) electrons. The van der Waals surface area contributed by atoms with Crippen molar-refractivity contribution in [3.8, 4) is 5.75 Å². The average Bonchev–Trinajstić information content (AvgIpc) is 3.30. The van der Waals surface area contributed by atoms with E-state index in [1.807, 2.05) is 24.1 Å². The van der Waals surface area contributed by atoms with Crippen LogP contribution in [-0.4, -0.2) is 56.7 Å². The number of pyridine rings is 1. The van der Waals surface area contributed by atoms with Gasteiger partial charge >= 0.3 is 0 Å². The van der Waals surface area contributed by atoms with Gasteiger partial charge in [-0.1, -0.05) is 0 Å². The number of aromatic nitrogens is 3. The van der Waals surface area contributed by atoms with Gasteiger partial charge in [0.2, 0.25) is 0 Å². The molecule has 0 unspecified atom stereocenters. The number of hydrogen-bond acceptors (Lipinski definition) is 5. The van der Waals surface area contributed by atoms with Crippen molar-refractivity contribution in [2.45, 2.75) is 24.5 Å². The second kappa shape index (κ2) is 5.90. The van der Waals surface area contributed by atoms with Gasteiger partial charge < -0.3 is 18.9 Å². The first kappa shape index (κ1) is 15.1. The number of ether oxygens (including phenoxy) is 2. The third kappa shape index (κ3) is 2.87. The van der Waals surface area contributed by atoms with Crippen LogP contribution in [-0.2, 0) is 11.8 Å². The highest BCUT2D eigenvalue weighted by atomic mass is 16.6. The van der Waals surface area contributed by atoms with Gasteiger partial charge in [0.25, 0.3) is 5.91 Å². The predicted molar refractivity (Wildman–Crippen MR) is 85.7 cm³/mol. The summed E-state index contributed by atoms with van der Waals surface area (Å²) in [6.07, 6.45) is 8.43. The number of carbonyl (C=O) groups excluding carboxylic acids is 1. The fourth-order valence-corrected chi connectivity index (χ4v) is 3.48. The molecule has 2 fully saturated rings. The van der Waals surface area contributed by atoms with Crippen LogP contribution in [0.5, 0.6) is 5.75 Å². The molecule has 2 aliphatic rings. The van der Waals surface area contributed by atoms with Crippen molar-refractivity contribution >= 4 is 5.91 Å². The summed E-state index contributed by atoms with van der Waals surface area (Å²) in [4.78, 5) is 22.6. The van der Waals surface area contributed by atoms with E-state index in [4.69, 9.17) is 9.47 Å². The van der Waals surface area contributed by atoms with E-state index in [9.17, 15) is 4.79 Å². The van der Waals surface area contributed by atoms with Crippen LogP contribution in [0.1, 0.15) is 23.3 Å². The zero-order chi connectivity index (χ0) is 16.6. The zero-order valence-electron chi connectivity index (χ0n) is 13.6. The molecule has 2 aliphatic heterocycles. The summed E-state index contributed by atoms with van der Waals surface area (Å²) in [5.74, 6) is 0.718. The molecule has 0 N–H and O–H groups in total. The lowest BCUT2D eigenvalue weighted by atomic mass is 9.98. The first-order valence-corrected chi connectivity index (χ1v) is 8.11.